The highest BCUT2D eigenvalue weighted by Gasteiger charge is 2.31. The maximum atomic E-state index is 12.6. The minimum absolute atomic E-state index is 0.0428. The number of thioether (sulfide) groups is 1. The van der Waals surface area contributed by atoms with Gasteiger partial charge in [-0.25, -0.2) is 0 Å². The topological polar surface area (TPSA) is 71.0 Å². The number of benzene rings is 2. The van der Waals surface area contributed by atoms with Gasteiger partial charge < -0.3 is 10.1 Å². The zero-order valence-electron chi connectivity index (χ0n) is 18.3. The fraction of sp³-hybridized carbons (Fsp3) is 0.292. The van der Waals surface area contributed by atoms with Crippen molar-refractivity contribution in [2.24, 2.45) is 4.99 Å². The van der Waals surface area contributed by atoms with Gasteiger partial charge in [0.25, 0.3) is 11.8 Å². The second kappa shape index (κ2) is 10.3. The van der Waals surface area contributed by atoms with Crippen LogP contribution in [-0.4, -0.2) is 41.6 Å². The Bertz CT molecular complexity index is 1050. The molecule has 0 saturated carbocycles. The molecule has 1 heterocycles. The monoisotopic (exact) mass is 437 g/mol. The summed E-state index contributed by atoms with van der Waals surface area (Å²) in [6.45, 7) is 9.03. The highest BCUT2D eigenvalue weighted by atomic mass is 32.2. The van der Waals surface area contributed by atoms with Crippen molar-refractivity contribution in [2.75, 3.05) is 25.0 Å². The first-order valence-corrected chi connectivity index (χ1v) is 11.1. The summed E-state index contributed by atoms with van der Waals surface area (Å²) < 4.78 is 5.66. The predicted molar refractivity (Wildman–Crippen MR) is 127 cm³/mol. The molecule has 162 valence electrons. The van der Waals surface area contributed by atoms with E-state index in [9.17, 15) is 9.59 Å². The van der Waals surface area contributed by atoms with Crippen molar-refractivity contribution < 1.29 is 14.3 Å². The van der Waals surface area contributed by atoms with Gasteiger partial charge in [-0.15, -0.1) is 0 Å². The number of amides is 2. The van der Waals surface area contributed by atoms with Crippen LogP contribution in [0.2, 0.25) is 0 Å². The van der Waals surface area contributed by atoms with Crippen molar-refractivity contribution in [3.05, 3.63) is 64.1 Å². The fourth-order valence-electron chi connectivity index (χ4n) is 3.05. The van der Waals surface area contributed by atoms with Crippen molar-refractivity contribution in [3.8, 4) is 5.75 Å². The minimum Gasteiger partial charge on any atom is -0.484 e. The highest BCUT2D eigenvalue weighted by molar-refractivity contribution is 8.18. The number of aliphatic imine (C=N–C) groups is 1. The number of nitrogens with one attached hydrogen (secondary N) is 1. The summed E-state index contributed by atoms with van der Waals surface area (Å²) in [7, 11) is 0. The second-order valence-corrected chi connectivity index (χ2v) is 8.13. The minimum atomic E-state index is -0.229. The summed E-state index contributed by atoms with van der Waals surface area (Å²) in [5, 5.41) is 3.58. The third-order valence-corrected chi connectivity index (χ3v) is 5.86. The van der Waals surface area contributed by atoms with Crippen molar-refractivity contribution in [3.63, 3.8) is 0 Å². The molecule has 1 aliphatic rings. The average molecular weight is 438 g/mol. The van der Waals surface area contributed by atoms with Crippen LogP contribution >= 0.6 is 11.8 Å². The molecule has 1 N–H and O–H groups in total. The first-order valence-electron chi connectivity index (χ1n) is 10.3. The number of rotatable bonds is 7. The molecule has 0 bridgehead atoms. The maximum Gasteiger partial charge on any atom is 0.266 e. The lowest BCUT2D eigenvalue weighted by Crippen LogP contribution is -2.28. The summed E-state index contributed by atoms with van der Waals surface area (Å²) >= 11 is 1.38. The van der Waals surface area contributed by atoms with Crippen LogP contribution in [0.25, 0.3) is 6.08 Å². The number of hydrogen-bond donors (Lipinski definition) is 1. The molecule has 3 rings (SSSR count). The van der Waals surface area contributed by atoms with Crippen LogP contribution < -0.4 is 10.1 Å². The van der Waals surface area contributed by atoms with Gasteiger partial charge in [-0.3, -0.25) is 19.5 Å². The summed E-state index contributed by atoms with van der Waals surface area (Å²) in [4.78, 5) is 31.6. The molecule has 2 amide bonds. The molecular formula is C24H27N3O3S. The van der Waals surface area contributed by atoms with Gasteiger partial charge in [0, 0.05) is 18.8 Å². The SMILES string of the molecule is CCN=C1S/C(=C\c2cccc(OCC(=O)Nc3ccc(C)c(C)c3)c2)C(=O)N1CC. The van der Waals surface area contributed by atoms with Gasteiger partial charge in [-0.05, 0) is 86.5 Å². The van der Waals surface area contributed by atoms with Crippen LogP contribution in [0.3, 0.4) is 0 Å². The third kappa shape index (κ3) is 5.76. The molecule has 2 aromatic carbocycles. The Morgan fingerprint density at radius 3 is 2.68 bits per heavy atom. The van der Waals surface area contributed by atoms with Crippen molar-refractivity contribution >= 4 is 40.5 Å². The van der Waals surface area contributed by atoms with Gasteiger partial charge in [0.2, 0.25) is 0 Å². The van der Waals surface area contributed by atoms with Crippen molar-refractivity contribution in [2.45, 2.75) is 27.7 Å². The lowest BCUT2D eigenvalue weighted by molar-refractivity contribution is -0.122. The number of ether oxygens (including phenoxy) is 1. The maximum absolute atomic E-state index is 12.6. The number of nitrogens with zero attached hydrogens (tertiary/aromatic N) is 2. The van der Waals surface area contributed by atoms with Gasteiger partial charge in [0.15, 0.2) is 11.8 Å². The lowest BCUT2D eigenvalue weighted by atomic mass is 10.1. The van der Waals surface area contributed by atoms with E-state index >= 15 is 0 Å². The fourth-order valence-corrected chi connectivity index (χ4v) is 4.16. The first-order chi connectivity index (χ1) is 14.9. The number of amidine groups is 1. The molecule has 6 nitrogen and oxygen atoms in total. The first kappa shape index (κ1) is 22.6. The van der Waals surface area contributed by atoms with E-state index in [-0.39, 0.29) is 18.4 Å². The third-order valence-electron chi connectivity index (χ3n) is 4.81. The van der Waals surface area contributed by atoms with Gasteiger partial charge in [0.1, 0.15) is 5.75 Å². The smallest absolute Gasteiger partial charge is 0.266 e. The molecule has 31 heavy (non-hydrogen) atoms. The highest BCUT2D eigenvalue weighted by Crippen LogP contribution is 2.32. The largest absolute Gasteiger partial charge is 0.484 e. The lowest BCUT2D eigenvalue weighted by Gasteiger charge is -2.11. The van der Waals surface area contributed by atoms with E-state index in [2.05, 4.69) is 10.3 Å². The van der Waals surface area contributed by atoms with Crippen LogP contribution in [0.15, 0.2) is 52.4 Å². The molecule has 2 aromatic rings. The van der Waals surface area contributed by atoms with Gasteiger partial charge in [-0.2, -0.15) is 0 Å². The molecule has 0 radical (unpaired) electrons. The number of likely N-dealkylation sites (N-methyl/N-ethyl adjacent to an activating group) is 1. The average Bonchev–Trinajstić information content (AvgIpc) is 3.04. The Hall–Kier alpha value is -3.06. The number of hydrogen-bond acceptors (Lipinski definition) is 5. The molecule has 7 heteroatoms. The molecule has 0 aromatic heterocycles. The molecule has 0 unspecified atom stereocenters. The molecule has 0 spiro atoms. The Morgan fingerprint density at radius 2 is 1.97 bits per heavy atom. The Morgan fingerprint density at radius 1 is 1.16 bits per heavy atom. The summed E-state index contributed by atoms with van der Waals surface area (Å²) in [5.41, 5.74) is 3.87. The van der Waals surface area contributed by atoms with Crippen LogP contribution in [-0.2, 0) is 9.59 Å². The number of carbonyl (C=O) groups is 2. The standard InChI is InChI=1S/C24H27N3O3S/c1-5-25-24-27(6-2)23(29)21(31-24)14-18-8-7-9-20(13-18)30-15-22(28)26-19-11-10-16(3)17(4)12-19/h7-14H,5-6,15H2,1-4H3,(H,26,28)/b21-14-,25-24?. The molecular weight excluding hydrogens is 410 g/mol. The normalized spacial score (nSPS) is 16.3. The van der Waals surface area contributed by atoms with Crippen LogP contribution in [0.5, 0.6) is 5.75 Å². The summed E-state index contributed by atoms with van der Waals surface area (Å²) in [6, 6.07) is 13.1. The number of carbonyl (C=O) groups excluding carboxylic acids is 2. The van der Waals surface area contributed by atoms with E-state index in [4.69, 9.17) is 4.74 Å². The quantitative estimate of drug-likeness (QED) is 0.641. The zero-order valence-corrected chi connectivity index (χ0v) is 19.1. The zero-order chi connectivity index (χ0) is 22.4. The molecule has 1 aliphatic heterocycles. The van der Waals surface area contributed by atoms with Gasteiger partial charge in [-0.1, -0.05) is 18.2 Å². The Labute approximate surface area is 187 Å². The van der Waals surface area contributed by atoms with E-state index in [1.807, 2.05) is 70.2 Å². The van der Waals surface area contributed by atoms with Crippen LogP contribution in [0.1, 0.15) is 30.5 Å². The van der Waals surface area contributed by atoms with Crippen molar-refractivity contribution in [1.82, 2.24) is 4.90 Å². The molecule has 0 atom stereocenters. The van der Waals surface area contributed by atoms with E-state index in [0.717, 1.165) is 22.0 Å². The summed E-state index contributed by atoms with van der Waals surface area (Å²) in [5.74, 6) is 0.293. The second-order valence-electron chi connectivity index (χ2n) is 7.13. The number of aryl methyl sites for hydroxylation is 2. The van der Waals surface area contributed by atoms with E-state index in [1.54, 1.807) is 11.0 Å². The number of anilines is 1. The van der Waals surface area contributed by atoms with Crippen LogP contribution in [0, 0.1) is 13.8 Å². The predicted octanol–water partition coefficient (Wildman–Crippen LogP) is 4.63. The Kier molecular flexibility index (Phi) is 7.52. The Balaban J connectivity index is 1.64. The van der Waals surface area contributed by atoms with Crippen molar-refractivity contribution in [1.29, 1.82) is 0 Å². The van der Waals surface area contributed by atoms with Crippen LogP contribution in [0.4, 0.5) is 5.69 Å². The van der Waals surface area contributed by atoms with E-state index < -0.39 is 0 Å². The van der Waals surface area contributed by atoms with E-state index in [0.29, 0.717) is 23.7 Å². The molecule has 0 aliphatic carbocycles. The molecule has 1 fully saturated rings. The summed E-state index contributed by atoms with van der Waals surface area (Å²) in [6.07, 6.45) is 1.83. The van der Waals surface area contributed by atoms with Gasteiger partial charge in [0.05, 0.1) is 4.91 Å². The van der Waals surface area contributed by atoms with Gasteiger partial charge >= 0.3 is 0 Å². The molecule has 1 saturated heterocycles. The van der Waals surface area contributed by atoms with E-state index in [1.165, 1.54) is 17.3 Å².